The molecule has 94 valence electrons. The molecular weight excluding hydrogens is 274 g/mol. The molecule has 0 aliphatic heterocycles. The number of benzene rings is 1. The van der Waals surface area contributed by atoms with Crippen molar-refractivity contribution in [2.24, 2.45) is 0 Å². The molecule has 2 aromatic rings. The van der Waals surface area contributed by atoms with Crippen molar-refractivity contribution in [3.8, 4) is 0 Å². The molecular formula is C13H11Cl2FN2. The molecule has 5 heteroatoms. The van der Waals surface area contributed by atoms with Crippen LogP contribution in [0.5, 0.6) is 0 Å². The van der Waals surface area contributed by atoms with Crippen LogP contribution in [0.15, 0.2) is 24.3 Å². The molecule has 0 saturated heterocycles. The second kappa shape index (κ2) is 5.63. The second-order valence-electron chi connectivity index (χ2n) is 3.82. The van der Waals surface area contributed by atoms with Crippen molar-refractivity contribution in [3.63, 3.8) is 0 Å². The standard InChI is InChI=1S/C13H11Cl2FN2/c1-2-9-12(14)17-11(18-13(9)15)7-8-5-3-4-6-10(8)16/h3-6H,2,7H2,1H3. The zero-order valence-corrected chi connectivity index (χ0v) is 11.3. The Hall–Kier alpha value is -1.19. The summed E-state index contributed by atoms with van der Waals surface area (Å²) in [6.45, 7) is 1.92. The lowest BCUT2D eigenvalue weighted by Crippen LogP contribution is -2.02. The van der Waals surface area contributed by atoms with Gasteiger partial charge in [-0.3, -0.25) is 0 Å². The van der Waals surface area contributed by atoms with Gasteiger partial charge in [-0.15, -0.1) is 0 Å². The van der Waals surface area contributed by atoms with Gasteiger partial charge in [0.15, 0.2) is 0 Å². The highest BCUT2D eigenvalue weighted by atomic mass is 35.5. The summed E-state index contributed by atoms with van der Waals surface area (Å²) < 4.78 is 13.5. The monoisotopic (exact) mass is 284 g/mol. The normalized spacial score (nSPS) is 10.7. The zero-order chi connectivity index (χ0) is 13.1. The first-order valence-corrected chi connectivity index (χ1v) is 6.31. The summed E-state index contributed by atoms with van der Waals surface area (Å²) in [5, 5.41) is 0.674. The molecule has 0 atom stereocenters. The Kier molecular flexibility index (Phi) is 4.15. The van der Waals surface area contributed by atoms with Crippen LogP contribution in [0.4, 0.5) is 4.39 Å². The topological polar surface area (TPSA) is 25.8 Å². The molecule has 0 spiro atoms. The van der Waals surface area contributed by atoms with Crippen molar-refractivity contribution in [2.45, 2.75) is 19.8 Å². The minimum Gasteiger partial charge on any atom is -0.220 e. The maximum absolute atomic E-state index is 13.5. The molecule has 2 rings (SSSR count). The van der Waals surface area contributed by atoms with Crippen LogP contribution in [0.2, 0.25) is 10.3 Å². The van der Waals surface area contributed by atoms with Gasteiger partial charge in [-0.05, 0) is 18.1 Å². The minimum atomic E-state index is -0.284. The second-order valence-corrected chi connectivity index (χ2v) is 4.54. The fourth-order valence-corrected chi connectivity index (χ4v) is 2.34. The average molecular weight is 285 g/mol. The van der Waals surface area contributed by atoms with E-state index in [1.165, 1.54) is 6.07 Å². The van der Waals surface area contributed by atoms with E-state index in [2.05, 4.69) is 9.97 Å². The van der Waals surface area contributed by atoms with Crippen molar-refractivity contribution in [3.05, 3.63) is 57.3 Å². The van der Waals surface area contributed by atoms with Gasteiger partial charge in [-0.25, -0.2) is 14.4 Å². The zero-order valence-electron chi connectivity index (χ0n) is 9.75. The summed E-state index contributed by atoms with van der Waals surface area (Å²) in [7, 11) is 0. The molecule has 1 aromatic carbocycles. The van der Waals surface area contributed by atoms with E-state index in [4.69, 9.17) is 23.2 Å². The highest BCUT2D eigenvalue weighted by Crippen LogP contribution is 2.22. The van der Waals surface area contributed by atoms with Gasteiger partial charge in [0.2, 0.25) is 0 Å². The Morgan fingerprint density at radius 2 is 1.72 bits per heavy atom. The van der Waals surface area contributed by atoms with Crippen LogP contribution in [0, 0.1) is 5.82 Å². The van der Waals surface area contributed by atoms with Gasteiger partial charge in [0.05, 0.1) is 0 Å². The van der Waals surface area contributed by atoms with Crippen molar-refractivity contribution < 1.29 is 4.39 Å². The number of halogens is 3. The molecule has 0 aliphatic carbocycles. The number of aromatic nitrogens is 2. The van der Waals surface area contributed by atoms with Crippen molar-refractivity contribution in [2.75, 3.05) is 0 Å². The first-order chi connectivity index (χ1) is 8.61. The SMILES string of the molecule is CCc1c(Cl)nc(Cc2ccccc2F)nc1Cl. The van der Waals surface area contributed by atoms with E-state index in [-0.39, 0.29) is 12.2 Å². The minimum absolute atomic E-state index is 0.274. The summed E-state index contributed by atoms with van der Waals surface area (Å²) in [5.41, 5.74) is 1.24. The Bertz CT molecular complexity index is 550. The van der Waals surface area contributed by atoms with Crippen LogP contribution in [0.25, 0.3) is 0 Å². The molecule has 0 aliphatic rings. The van der Waals surface area contributed by atoms with E-state index in [1.807, 2.05) is 6.92 Å². The Morgan fingerprint density at radius 1 is 1.11 bits per heavy atom. The maximum atomic E-state index is 13.5. The number of hydrogen-bond donors (Lipinski definition) is 0. The summed E-state index contributed by atoms with van der Waals surface area (Å²) in [6, 6.07) is 6.50. The van der Waals surface area contributed by atoms with Crippen LogP contribution in [-0.2, 0) is 12.8 Å². The smallest absolute Gasteiger partial charge is 0.137 e. The van der Waals surface area contributed by atoms with Crippen LogP contribution in [0.3, 0.4) is 0 Å². The third-order valence-corrected chi connectivity index (χ3v) is 3.24. The van der Waals surface area contributed by atoms with Gasteiger partial charge in [0.25, 0.3) is 0 Å². The third-order valence-electron chi connectivity index (χ3n) is 2.61. The molecule has 18 heavy (non-hydrogen) atoms. The Morgan fingerprint density at radius 3 is 2.28 bits per heavy atom. The van der Waals surface area contributed by atoms with Gasteiger partial charge in [-0.1, -0.05) is 48.3 Å². The maximum Gasteiger partial charge on any atom is 0.137 e. The van der Waals surface area contributed by atoms with Crippen LogP contribution >= 0.6 is 23.2 Å². The van der Waals surface area contributed by atoms with E-state index in [0.29, 0.717) is 28.1 Å². The predicted octanol–water partition coefficient (Wildman–Crippen LogP) is 4.08. The molecule has 0 radical (unpaired) electrons. The first kappa shape index (κ1) is 13.2. The predicted molar refractivity (Wildman–Crippen MR) is 70.6 cm³/mol. The molecule has 0 amide bonds. The molecule has 1 heterocycles. The van der Waals surface area contributed by atoms with E-state index in [1.54, 1.807) is 18.2 Å². The largest absolute Gasteiger partial charge is 0.220 e. The molecule has 1 aromatic heterocycles. The third kappa shape index (κ3) is 2.79. The van der Waals surface area contributed by atoms with Gasteiger partial charge in [0, 0.05) is 12.0 Å². The first-order valence-electron chi connectivity index (χ1n) is 5.56. The van der Waals surface area contributed by atoms with E-state index >= 15 is 0 Å². The average Bonchev–Trinajstić information content (AvgIpc) is 2.32. The highest BCUT2D eigenvalue weighted by molar-refractivity contribution is 6.34. The number of nitrogens with zero attached hydrogens (tertiary/aromatic N) is 2. The van der Waals surface area contributed by atoms with Crippen molar-refractivity contribution in [1.29, 1.82) is 0 Å². The van der Waals surface area contributed by atoms with Crippen LogP contribution in [-0.4, -0.2) is 9.97 Å². The van der Waals surface area contributed by atoms with E-state index in [0.717, 1.165) is 5.56 Å². The molecule has 0 saturated carbocycles. The lowest BCUT2D eigenvalue weighted by atomic mass is 10.1. The van der Waals surface area contributed by atoms with E-state index in [9.17, 15) is 4.39 Å². The molecule has 0 bridgehead atoms. The van der Waals surface area contributed by atoms with E-state index < -0.39 is 0 Å². The summed E-state index contributed by atoms with van der Waals surface area (Å²) in [5.74, 6) is 0.139. The van der Waals surface area contributed by atoms with Gasteiger partial charge in [0.1, 0.15) is 21.9 Å². The quantitative estimate of drug-likeness (QED) is 0.794. The van der Waals surface area contributed by atoms with Crippen LogP contribution < -0.4 is 0 Å². The van der Waals surface area contributed by atoms with Crippen molar-refractivity contribution in [1.82, 2.24) is 9.97 Å². The summed E-state index contributed by atoms with van der Waals surface area (Å²) in [6.07, 6.45) is 0.938. The number of hydrogen-bond acceptors (Lipinski definition) is 2. The molecule has 2 nitrogen and oxygen atoms in total. The molecule has 0 N–H and O–H groups in total. The van der Waals surface area contributed by atoms with Gasteiger partial charge in [-0.2, -0.15) is 0 Å². The fraction of sp³-hybridized carbons (Fsp3) is 0.231. The van der Waals surface area contributed by atoms with Crippen LogP contribution in [0.1, 0.15) is 23.9 Å². The Labute approximate surface area is 115 Å². The summed E-state index contributed by atoms with van der Waals surface area (Å²) in [4.78, 5) is 8.29. The summed E-state index contributed by atoms with van der Waals surface area (Å²) >= 11 is 12.0. The molecule has 0 fully saturated rings. The highest BCUT2D eigenvalue weighted by Gasteiger charge is 2.11. The lowest BCUT2D eigenvalue weighted by molar-refractivity contribution is 0.612. The van der Waals surface area contributed by atoms with Gasteiger partial charge >= 0.3 is 0 Å². The van der Waals surface area contributed by atoms with Gasteiger partial charge < -0.3 is 0 Å². The number of rotatable bonds is 3. The lowest BCUT2D eigenvalue weighted by Gasteiger charge is -2.07. The Balaban J connectivity index is 2.34. The van der Waals surface area contributed by atoms with Crippen molar-refractivity contribution >= 4 is 23.2 Å². The molecule has 0 unspecified atom stereocenters. The fourth-order valence-electron chi connectivity index (χ4n) is 1.65.